The number of morpholine rings is 1. The summed E-state index contributed by atoms with van der Waals surface area (Å²) in [6.07, 6.45) is 0.292. The molecule has 1 atom stereocenters. The van der Waals surface area contributed by atoms with E-state index in [2.05, 4.69) is 34.2 Å². The molecule has 0 bridgehead atoms. The van der Waals surface area contributed by atoms with Gasteiger partial charge < -0.3 is 19.9 Å². The fraction of sp³-hybridized carbons (Fsp3) is 0.900. The molecule has 86 valence electrons. The van der Waals surface area contributed by atoms with Crippen LogP contribution < -0.4 is 5.32 Å². The van der Waals surface area contributed by atoms with Gasteiger partial charge in [-0.3, -0.25) is 4.99 Å². The summed E-state index contributed by atoms with van der Waals surface area (Å²) in [5, 5.41) is 3.35. The van der Waals surface area contributed by atoms with Crippen LogP contribution in [0.1, 0.15) is 0 Å². The second kappa shape index (κ2) is 4.81. The Labute approximate surface area is 91.1 Å². The number of ether oxygens (including phenoxy) is 1. The molecule has 0 amide bonds. The Kier molecular flexibility index (Phi) is 3.43. The monoisotopic (exact) mass is 212 g/mol. The van der Waals surface area contributed by atoms with Crippen LogP contribution in [0, 0.1) is 0 Å². The predicted octanol–water partition coefficient (Wildman–Crippen LogP) is -0.792. The Morgan fingerprint density at radius 2 is 2.33 bits per heavy atom. The smallest absolute Gasteiger partial charge is 0.193 e. The number of hydrogen-bond acceptors (Lipinski definition) is 5. The van der Waals surface area contributed by atoms with Crippen molar-refractivity contribution in [3.63, 3.8) is 0 Å². The maximum absolute atomic E-state index is 5.67. The van der Waals surface area contributed by atoms with E-state index in [1.807, 2.05) is 0 Å². The molecule has 0 spiro atoms. The Bertz CT molecular complexity index is 244. The van der Waals surface area contributed by atoms with E-state index in [9.17, 15) is 0 Å². The number of hydrogen-bond donors (Lipinski definition) is 1. The van der Waals surface area contributed by atoms with Crippen LogP contribution in [0.2, 0.25) is 0 Å². The number of nitrogens with zero attached hydrogens (tertiary/aromatic N) is 3. The van der Waals surface area contributed by atoms with Crippen molar-refractivity contribution in [1.29, 1.82) is 0 Å². The van der Waals surface area contributed by atoms with Gasteiger partial charge in [-0.05, 0) is 7.05 Å². The first-order valence-electron chi connectivity index (χ1n) is 5.55. The maximum Gasteiger partial charge on any atom is 0.193 e. The molecular formula is C10H20N4O. The SMILES string of the molecule is CN1CCOC(CNC2=NCCN2C)C1. The second-order valence-corrected chi connectivity index (χ2v) is 4.26. The number of nitrogens with one attached hydrogen (secondary N) is 1. The van der Waals surface area contributed by atoms with Crippen LogP contribution in [-0.2, 0) is 4.74 Å². The minimum absolute atomic E-state index is 0.292. The molecule has 0 aromatic rings. The summed E-state index contributed by atoms with van der Waals surface area (Å²) in [5.41, 5.74) is 0. The third kappa shape index (κ3) is 2.82. The molecule has 1 fully saturated rings. The van der Waals surface area contributed by atoms with Gasteiger partial charge in [0.25, 0.3) is 0 Å². The highest BCUT2D eigenvalue weighted by Crippen LogP contribution is 2.02. The molecule has 0 aromatic carbocycles. The van der Waals surface area contributed by atoms with Crippen molar-refractivity contribution in [2.24, 2.45) is 4.99 Å². The zero-order valence-electron chi connectivity index (χ0n) is 9.57. The van der Waals surface area contributed by atoms with Crippen molar-refractivity contribution in [3.05, 3.63) is 0 Å². The van der Waals surface area contributed by atoms with Gasteiger partial charge in [0.2, 0.25) is 0 Å². The van der Waals surface area contributed by atoms with Gasteiger partial charge in [0.1, 0.15) is 0 Å². The van der Waals surface area contributed by atoms with Crippen molar-refractivity contribution >= 4 is 5.96 Å². The topological polar surface area (TPSA) is 40.1 Å². The number of rotatable bonds is 2. The highest BCUT2D eigenvalue weighted by Gasteiger charge is 2.19. The minimum Gasteiger partial charge on any atom is -0.374 e. The molecule has 5 nitrogen and oxygen atoms in total. The normalized spacial score (nSPS) is 28.0. The fourth-order valence-corrected chi connectivity index (χ4v) is 1.92. The molecule has 1 unspecified atom stereocenters. The van der Waals surface area contributed by atoms with Crippen LogP contribution in [0.15, 0.2) is 4.99 Å². The second-order valence-electron chi connectivity index (χ2n) is 4.26. The van der Waals surface area contributed by atoms with E-state index in [-0.39, 0.29) is 0 Å². The van der Waals surface area contributed by atoms with Crippen molar-refractivity contribution in [2.75, 3.05) is 53.4 Å². The van der Waals surface area contributed by atoms with Crippen LogP contribution in [0.4, 0.5) is 0 Å². The molecule has 0 radical (unpaired) electrons. The molecule has 5 heteroatoms. The molecule has 0 aliphatic carbocycles. The zero-order valence-corrected chi connectivity index (χ0v) is 9.57. The summed E-state index contributed by atoms with van der Waals surface area (Å²) in [6.45, 7) is 5.66. The van der Waals surface area contributed by atoms with Gasteiger partial charge in [-0.15, -0.1) is 0 Å². The first kappa shape index (κ1) is 10.7. The van der Waals surface area contributed by atoms with E-state index in [1.54, 1.807) is 0 Å². The molecule has 15 heavy (non-hydrogen) atoms. The van der Waals surface area contributed by atoms with Crippen LogP contribution in [0.3, 0.4) is 0 Å². The van der Waals surface area contributed by atoms with E-state index >= 15 is 0 Å². The molecule has 0 saturated carbocycles. The number of guanidine groups is 1. The van der Waals surface area contributed by atoms with Crippen LogP contribution in [-0.4, -0.2) is 75.3 Å². The molecule has 1 N–H and O–H groups in total. The van der Waals surface area contributed by atoms with E-state index in [1.165, 1.54) is 0 Å². The van der Waals surface area contributed by atoms with Gasteiger partial charge in [-0.2, -0.15) is 0 Å². The average molecular weight is 212 g/mol. The Morgan fingerprint density at radius 1 is 1.47 bits per heavy atom. The van der Waals surface area contributed by atoms with Crippen molar-refractivity contribution in [3.8, 4) is 0 Å². The van der Waals surface area contributed by atoms with Gasteiger partial charge >= 0.3 is 0 Å². The largest absolute Gasteiger partial charge is 0.374 e. The Hall–Kier alpha value is -0.810. The molecule has 1 saturated heterocycles. The molecule has 2 aliphatic rings. The molecule has 2 aliphatic heterocycles. The van der Waals surface area contributed by atoms with E-state index in [4.69, 9.17) is 4.74 Å². The Balaban J connectivity index is 1.73. The standard InChI is InChI=1S/C10H20N4O/c1-13-5-6-15-9(8-13)7-12-10-11-3-4-14(10)2/h9H,3-8H2,1-2H3,(H,11,12). The molecule has 0 aromatic heterocycles. The fourth-order valence-electron chi connectivity index (χ4n) is 1.92. The predicted molar refractivity (Wildman–Crippen MR) is 60.2 cm³/mol. The summed E-state index contributed by atoms with van der Waals surface area (Å²) in [5.74, 6) is 1.01. The first-order chi connectivity index (χ1) is 7.25. The lowest BCUT2D eigenvalue weighted by atomic mass is 10.3. The number of aliphatic imine (C=N–C) groups is 1. The maximum atomic E-state index is 5.67. The lowest BCUT2D eigenvalue weighted by molar-refractivity contribution is -0.0162. The third-order valence-corrected chi connectivity index (χ3v) is 2.89. The van der Waals surface area contributed by atoms with E-state index < -0.39 is 0 Å². The summed E-state index contributed by atoms with van der Waals surface area (Å²) in [6, 6.07) is 0. The van der Waals surface area contributed by atoms with Crippen LogP contribution >= 0.6 is 0 Å². The first-order valence-corrected chi connectivity index (χ1v) is 5.55. The zero-order chi connectivity index (χ0) is 10.7. The highest BCUT2D eigenvalue weighted by atomic mass is 16.5. The molecule has 2 rings (SSSR count). The van der Waals surface area contributed by atoms with E-state index in [0.717, 1.165) is 45.3 Å². The van der Waals surface area contributed by atoms with E-state index in [0.29, 0.717) is 6.10 Å². The van der Waals surface area contributed by atoms with Gasteiger partial charge in [0.05, 0.1) is 19.3 Å². The summed E-state index contributed by atoms with van der Waals surface area (Å²) in [4.78, 5) is 8.83. The van der Waals surface area contributed by atoms with Crippen LogP contribution in [0.25, 0.3) is 0 Å². The van der Waals surface area contributed by atoms with Gasteiger partial charge in [0.15, 0.2) is 5.96 Å². The average Bonchev–Trinajstić information content (AvgIpc) is 2.61. The summed E-state index contributed by atoms with van der Waals surface area (Å²) < 4.78 is 5.67. The molecule has 2 heterocycles. The lowest BCUT2D eigenvalue weighted by Gasteiger charge is -2.30. The lowest BCUT2D eigenvalue weighted by Crippen LogP contribution is -2.47. The highest BCUT2D eigenvalue weighted by molar-refractivity contribution is 5.81. The van der Waals surface area contributed by atoms with Crippen molar-refractivity contribution in [1.82, 2.24) is 15.1 Å². The molecular weight excluding hydrogens is 192 g/mol. The Morgan fingerprint density at radius 3 is 3.00 bits per heavy atom. The summed E-state index contributed by atoms with van der Waals surface area (Å²) >= 11 is 0. The van der Waals surface area contributed by atoms with Crippen molar-refractivity contribution < 1.29 is 4.74 Å². The van der Waals surface area contributed by atoms with Gasteiger partial charge in [-0.25, -0.2) is 0 Å². The van der Waals surface area contributed by atoms with Crippen LogP contribution in [0.5, 0.6) is 0 Å². The minimum atomic E-state index is 0.292. The number of likely N-dealkylation sites (N-methyl/N-ethyl adjacent to an activating group) is 2. The van der Waals surface area contributed by atoms with Gasteiger partial charge in [-0.1, -0.05) is 0 Å². The quantitative estimate of drug-likeness (QED) is 0.651. The van der Waals surface area contributed by atoms with Crippen molar-refractivity contribution in [2.45, 2.75) is 6.10 Å². The third-order valence-electron chi connectivity index (χ3n) is 2.89. The summed E-state index contributed by atoms with van der Waals surface area (Å²) in [7, 11) is 4.20. The van der Waals surface area contributed by atoms with Gasteiger partial charge in [0, 0.05) is 33.2 Å².